The van der Waals surface area contributed by atoms with E-state index >= 15 is 0 Å². The van der Waals surface area contributed by atoms with Crippen LogP contribution in [-0.2, 0) is 0 Å². The molecule has 0 heterocycles. The summed E-state index contributed by atoms with van der Waals surface area (Å²) in [5, 5.41) is 8.54. The van der Waals surface area contributed by atoms with E-state index < -0.39 is 0 Å². The van der Waals surface area contributed by atoms with Crippen LogP contribution in [0.15, 0.2) is 30.3 Å². The maximum atomic E-state index is 8.54. The summed E-state index contributed by atoms with van der Waals surface area (Å²) in [5.41, 5.74) is 3.27. The number of hydrogen-bond donors (Lipinski definition) is 2. The van der Waals surface area contributed by atoms with E-state index in [0.717, 1.165) is 5.56 Å². The van der Waals surface area contributed by atoms with Gasteiger partial charge < -0.3 is 5.21 Å². The van der Waals surface area contributed by atoms with Crippen LogP contribution in [0.25, 0.3) is 0 Å². The molecule has 10 heavy (non-hydrogen) atoms. The van der Waals surface area contributed by atoms with E-state index in [2.05, 4.69) is 5.48 Å². The highest BCUT2D eigenvalue weighted by Crippen LogP contribution is 2.09. The molecule has 0 spiro atoms. The van der Waals surface area contributed by atoms with Crippen LogP contribution in [-0.4, -0.2) is 5.21 Å². The normalized spacial score (nSPS) is 13.0. The lowest BCUT2D eigenvalue weighted by atomic mass is 10.1. The second-order valence-corrected chi connectivity index (χ2v) is 2.26. The van der Waals surface area contributed by atoms with Crippen LogP contribution in [0.2, 0.25) is 0 Å². The minimum atomic E-state index is 0.0150. The zero-order chi connectivity index (χ0) is 7.40. The average Bonchev–Trinajstić information content (AvgIpc) is 2.05. The highest BCUT2D eigenvalue weighted by molar-refractivity contribution is 5.17. The SMILES string of the molecule is CC(NO)c1ccccc1. The lowest BCUT2D eigenvalue weighted by Gasteiger charge is -2.07. The summed E-state index contributed by atoms with van der Waals surface area (Å²) in [6, 6.07) is 9.79. The Balaban J connectivity index is 2.75. The first kappa shape index (κ1) is 7.25. The maximum Gasteiger partial charge on any atom is 0.0540 e. The first-order valence-electron chi connectivity index (χ1n) is 3.29. The molecule has 0 bridgehead atoms. The van der Waals surface area contributed by atoms with E-state index in [-0.39, 0.29) is 6.04 Å². The molecule has 0 aliphatic carbocycles. The van der Waals surface area contributed by atoms with Crippen LogP contribution < -0.4 is 5.48 Å². The molecule has 2 heteroatoms. The lowest BCUT2D eigenvalue weighted by Crippen LogP contribution is -2.12. The largest absolute Gasteiger partial charge is 0.316 e. The minimum absolute atomic E-state index is 0.0150. The summed E-state index contributed by atoms with van der Waals surface area (Å²) < 4.78 is 0. The Bertz CT molecular complexity index is 186. The van der Waals surface area contributed by atoms with Gasteiger partial charge in [0.15, 0.2) is 0 Å². The molecular formula is C8H11NO. The smallest absolute Gasteiger partial charge is 0.0540 e. The zero-order valence-electron chi connectivity index (χ0n) is 5.91. The van der Waals surface area contributed by atoms with Crippen molar-refractivity contribution in [2.24, 2.45) is 0 Å². The molecule has 0 fully saturated rings. The Morgan fingerprint density at radius 2 is 1.90 bits per heavy atom. The molecule has 2 nitrogen and oxygen atoms in total. The van der Waals surface area contributed by atoms with Crippen LogP contribution in [0.1, 0.15) is 18.5 Å². The molecule has 0 aliphatic heterocycles. The third-order valence-corrected chi connectivity index (χ3v) is 1.49. The predicted molar refractivity (Wildman–Crippen MR) is 39.8 cm³/mol. The first-order valence-corrected chi connectivity index (χ1v) is 3.29. The molecule has 0 saturated heterocycles. The monoisotopic (exact) mass is 137 g/mol. The summed E-state index contributed by atoms with van der Waals surface area (Å²) in [5.74, 6) is 0. The molecule has 1 aromatic carbocycles. The maximum absolute atomic E-state index is 8.54. The van der Waals surface area contributed by atoms with Gasteiger partial charge in [-0.25, -0.2) is 0 Å². The third-order valence-electron chi connectivity index (χ3n) is 1.49. The van der Waals surface area contributed by atoms with Gasteiger partial charge >= 0.3 is 0 Å². The van der Waals surface area contributed by atoms with Gasteiger partial charge in [0.05, 0.1) is 6.04 Å². The average molecular weight is 137 g/mol. The fraction of sp³-hybridized carbons (Fsp3) is 0.250. The highest BCUT2D eigenvalue weighted by atomic mass is 16.5. The van der Waals surface area contributed by atoms with E-state index in [0.29, 0.717) is 0 Å². The molecule has 0 aliphatic rings. The van der Waals surface area contributed by atoms with Crippen LogP contribution in [0, 0.1) is 0 Å². The minimum Gasteiger partial charge on any atom is -0.316 e. The van der Waals surface area contributed by atoms with E-state index in [1.54, 1.807) is 0 Å². The Morgan fingerprint density at radius 1 is 1.30 bits per heavy atom. The van der Waals surface area contributed by atoms with E-state index in [9.17, 15) is 0 Å². The summed E-state index contributed by atoms with van der Waals surface area (Å²) in [4.78, 5) is 0. The zero-order valence-corrected chi connectivity index (χ0v) is 5.91. The van der Waals surface area contributed by atoms with Gasteiger partial charge in [-0.1, -0.05) is 30.3 Å². The number of benzene rings is 1. The van der Waals surface area contributed by atoms with E-state index in [1.165, 1.54) is 0 Å². The molecule has 0 amide bonds. The van der Waals surface area contributed by atoms with Gasteiger partial charge in [-0.15, -0.1) is 0 Å². The number of nitrogens with one attached hydrogen (secondary N) is 1. The van der Waals surface area contributed by atoms with Crippen LogP contribution >= 0.6 is 0 Å². The van der Waals surface area contributed by atoms with E-state index in [1.807, 2.05) is 37.3 Å². The molecule has 0 aromatic heterocycles. The Morgan fingerprint density at radius 3 is 2.40 bits per heavy atom. The van der Waals surface area contributed by atoms with Gasteiger partial charge in [0.2, 0.25) is 0 Å². The highest BCUT2D eigenvalue weighted by Gasteiger charge is 1.99. The molecular weight excluding hydrogens is 126 g/mol. The Hall–Kier alpha value is -0.860. The molecule has 1 rings (SSSR count). The molecule has 54 valence electrons. The second-order valence-electron chi connectivity index (χ2n) is 2.26. The van der Waals surface area contributed by atoms with Crippen LogP contribution in [0.5, 0.6) is 0 Å². The van der Waals surface area contributed by atoms with Crippen molar-refractivity contribution in [2.75, 3.05) is 0 Å². The van der Waals surface area contributed by atoms with Gasteiger partial charge in [-0.05, 0) is 12.5 Å². The third kappa shape index (κ3) is 1.56. The Labute approximate surface area is 60.5 Å². The molecule has 0 saturated carbocycles. The van der Waals surface area contributed by atoms with Crippen LogP contribution in [0.4, 0.5) is 0 Å². The first-order chi connectivity index (χ1) is 4.84. The van der Waals surface area contributed by atoms with E-state index in [4.69, 9.17) is 5.21 Å². The Kier molecular flexibility index (Phi) is 2.42. The van der Waals surface area contributed by atoms with Gasteiger partial charge in [0, 0.05) is 0 Å². The fourth-order valence-corrected chi connectivity index (χ4v) is 0.816. The van der Waals surface area contributed by atoms with Crippen LogP contribution in [0.3, 0.4) is 0 Å². The summed E-state index contributed by atoms with van der Waals surface area (Å²) >= 11 is 0. The fourth-order valence-electron chi connectivity index (χ4n) is 0.816. The van der Waals surface area contributed by atoms with Gasteiger partial charge in [-0.3, -0.25) is 0 Å². The number of hydrogen-bond acceptors (Lipinski definition) is 2. The quantitative estimate of drug-likeness (QED) is 0.608. The standard InChI is InChI=1S/C8H11NO/c1-7(9-10)8-5-3-2-4-6-8/h2-7,9-10H,1H3. The summed E-state index contributed by atoms with van der Waals surface area (Å²) in [6.45, 7) is 1.90. The van der Waals surface area contributed by atoms with Gasteiger partial charge in [0.25, 0.3) is 0 Å². The van der Waals surface area contributed by atoms with Crippen molar-refractivity contribution in [3.63, 3.8) is 0 Å². The van der Waals surface area contributed by atoms with Crippen molar-refractivity contribution in [3.05, 3.63) is 35.9 Å². The van der Waals surface area contributed by atoms with Crippen molar-refractivity contribution in [2.45, 2.75) is 13.0 Å². The molecule has 1 unspecified atom stereocenters. The van der Waals surface area contributed by atoms with Gasteiger partial charge in [-0.2, -0.15) is 5.48 Å². The molecule has 0 radical (unpaired) electrons. The van der Waals surface area contributed by atoms with Crippen molar-refractivity contribution in [1.82, 2.24) is 5.48 Å². The predicted octanol–water partition coefficient (Wildman–Crippen LogP) is 1.73. The number of rotatable bonds is 2. The van der Waals surface area contributed by atoms with Crippen molar-refractivity contribution in [1.29, 1.82) is 0 Å². The summed E-state index contributed by atoms with van der Waals surface area (Å²) in [7, 11) is 0. The molecule has 1 atom stereocenters. The van der Waals surface area contributed by atoms with Gasteiger partial charge in [0.1, 0.15) is 0 Å². The summed E-state index contributed by atoms with van der Waals surface area (Å²) in [6.07, 6.45) is 0. The van der Waals surface area contributed by atoms with Crippen molar-refractivity contribution >= 4 is 0 Å². The molecule has 2 N–H and O–H groups in total. The second kappa shape index (κ2) is 3.34. The molecule has 1 aromatic rings. The van der Waals surface area contributed by atoms with Crippen molar-refractivity contribution < 1.29 is 5.21 Å². The number of hydroxylamine groups is 1. The topological polar surface area (TPSA) is 32.3 Å². The van der Waals surface area contributed by atoms with Crippen molar-refractivity contribution in [3.8, 4) is 0 Å². The lowest BCUT2D eigenvalue weighted by molar-refractivity contribution is 0.133.